The quantitative estimate of drug-likeness (QED) is 0.393. The van der Waals surface area contributed by atoms with Gasteiger partial charge in [-0.05, 0) is 67.1 Å². The Balaban J connectivity index is 1.33. The van der Waals surface area contributed by atoms with Crippen LogP contribution in [0.4, 0.5) is 0 Å². The molecule has 2 aromatic carbocycles. The van der Waals surface area contributed by atoms with Crippen molar-refractivity contribution in [3.05, 3.63) is 69.8 Å². The molecular formula is C25H25N3OS2. The minimum atomic E-state index is 0.158. The third-order valence-corrected chi connectivity index (χ3v) is 8.02. The van der Waals surface area contributed by atoms with Crippen LogP contribution in [0.5, 0.6) is 0 Å². The van der Waals surface area contributed by atoms with E-state index in [0.717, 1.165) is 41.3 Å². The van der Waals surface area contributed by atoms with E-state index in [4.69, 9.17) is 0 Å². The van der Waals surface area contributed by atoms with Crippen molar-refractivity contribution in [3.63, 3.8) is 0 Å². The summed E-state index contributed by atoms with van der Waals surface area (Å²) in [6.45, 7) is 6.03. The van der Waals surface area contributed by atoms with E-state index in [1.165, 1.54) is 27.0 Å². The molecule has 158 valence electrons. The van der Waals surface area contributed by atoms with Gasteiger partial charge in [0.15, 0.2) is 0 Å². The van der Waals surface area contributed by atoms with Crippen LogP contribution in [-0.4, -0.2) is 33.7 Å². The summed E-state index contributed by atoms with van der Waals surface area (Å²) >= 11 is 3.32. The topological polar surface area (TPSA) is 46.1 Å². The van der Waals surface area contributed by atoms with Gasteiger partial charge in [-0.3, -0.25) is 9.69 Å². The van der Waals surface area contributed by atoms with Gasteiger partial charge in [0.1, 0.15) is 10.8 Å². The Hall–Kier alpha value is -2.41. The number of nitrogens with zero attached hydrogens (tertiary/aromatic N) is 3. The number of benzene rings is 2. The van der Waals surface area contributed by atoms with Crippen molar-refractivity contribution in [3.8, 4) is 10.4 Å². The standard InChI is InChI=1S/C25H25N3OS2/c1-16(29)11-25-26-14-24(31-25)21-4-3-18-7-9-28(10-8-20(18)12-21)17(2)19-5-6-23-22(13-19)27-15-30-23/h3-6,12-15,17H,7-11H2,1-2H3. The summed E-state index contributed by atoms with van der Waals surface area (Å²) in [5.41, 5.74) is 8.46. The number of ketones is 1. The molecule has 1 atom stereocenters. The highest BCUT2D eigenvalue weighted by molar-refractivity contribution is 7.16. The van der Waals surface area contributed by atoms with Gasteiger partial charge in [0.2, 0.25) is 0 Å². The van der Waals surface area contributed by atoms with Crippen LogP contribution in [0.1, 0.15) is 41.6 Å². The van der Waals surface area contributed by atoms with Gasteiger partial charge in [-0.2, -0.15) is 0 Å². The fourth-order valence-corrected chi connectivity index (χ4v) is 6.01. The molecule has 0 saturated carbocycles. The molecule has 6 heteroatoms. The number of rotatable bonds is 5. The SMILES string of the molecule is CC(=O)Cc1ncc(-c2ccc3c(c2)CCN(C(C)c2ccc4scnc4c2)CC3)s1. The van der Waals surface area contributed by atoms with Crippen molar-refractivity contribution >= 4 is 38.7 Å². The molecule has 0 radical (unpaired) electrons. The molecule has 2 aromatic heterocycles. The number of carbonyl (C=O) groups excluding carboxylic acids is 1. The van der Waals surface area contributed by atoms with E-state index in [1.54, 1.807) is 29.6 Å². The Morgan fingerprint density at radius 3 is 2.77 bits per heavy atom. The molecule has 0 N–H and O–H groups in total. The first kappa shape index (κ1) is 20.5. The summed E-state index contributed by atoms with van der Waals surface area (Å²) in [6.07, 6.45) is 4.45. The highest BCUT2D eigenvalue weighted by atomic mass is 32.1. The smallest absolute Gasteiger partial charge is 0.136 e. The maximum atomic E-state index is 11.4. The lowest BCUT2D eigenvalue weighted by Crippen LogP contribution is -2.29. The molecule has 31 heavy (non-hydrogen) atoms. The molecule has 0 spiro atoms. The average molecular weight is 448 g/mol. The van der Waals surface area contributed by atoms with Gasteiger partial charge >= 0.3 is 0 Å². The zero-order valence-corrected chi connectivity index (χ0v) is 19.4. The number of hydrogen-bond donors (Lipinski definition) is 0. The van der Waals surface area contributed by atoms with Crippen LogP contribution in [0.15, 0.2) is 48.1 Å². The molecule has 1 unspecified atom stereocenters. The Kier molecular flexibility index (Phi) is 5.69. The minimum absolute atomic E-state index is 0.158. The van der Waals surface area contributed by atoms with E-state index >= 15 is 0 Å². The molecule has 5 rings (SSSR count). The first-order chi connectivity index (χ1) is 15.1. The molecule has 0 bridgehead atoms. The lowest BCUT2D eigenvalue weighted by atomic mass is 10.00. The second-order valence-corrected chi connectivity index (χ2v) is 10.3. The molecule has 4 aromatic rings. The second kappa shape index (κ2) is 8.61. The van der Waals surface area contributed by atoms with Crippen LogP contribution in [0.25, 0.3) is 20.7 Å². The van der Waals surface area contributed by atoms with Crippen molar-refractivity contribution in [2.75, 3.05) is 13.1 Å². The van der Waals surface area contributed by atoms with Gasteiger partial charge in [0, 0.05) is 25.3 Å². The van der Waals surface area contributed by atoms with Crippen LogP contribution >= 0.6 is 22.7 Å². The fraction of sp³-hybridized carbons (Fsp3) is 0.320. The van der Waals surface area contributed by atoms with Gasteiger partial charge in [-0.1, -0.05) is 18.2 Å². The third kappa shape index (κ3) is 4.33. The van der Waals surface area contributed by atoms with Gasteiger partial charge < -0.3 is 0 Å². The third-order valence-electron chi connectivity index (χ3n) is 6.17. The first-order valence-corrected chi connectivity index (χ1v) is 12.4. The molecule has 1 aliphatic rings. The minimum Gasteiger partial charge on any atom is -0.300 e. The number of carbonyl (C=O) groups is 1. The monoisotopic (exact) mass is 447 g/mol. The van der Waals surface area contributed by atoms with Crippen molar-refractivity contribution in [1.82, 2.24) is 14.9 Å². The van der Waals surface area contributed by atoms with E-state index in [9.17, 15) is 4.79 Å². The van der Waals surface area contributed by atoms with Crippen molar-refractivity contribution < 1.29 is 4.79 Å². The van der Waals surface area contributed by atoms with Crippen molar-refractivity contribution in [1.29, 1.82) is 0 Å². The van der Waals surface area contributed by atoms with Gasteiger partial charge in [0.25, 0.3) is 0 Å². The van der Waals surface area contributed by atoms with Gasteiger partial charge in [0.05, 0.1) is 27.0 Å². The van der Waals surface area contributed by atoms with Crippen molar-refractivity contribution in [2.45, 2.75) is 39.2 Å². The zero-order chi connectivity index (χ0) is 21.4. The number of hydrogen-bond acceptors (Lipinski definition) is 6. The van der Waals surface area contributed by atoms with Crippen LogP contribution in [0.2, 0.25) is 0 Å². The molecule has 0 saturated heterocycles. The molecule has 4 nitrogen and oxygen atoms in total. The first-order valence-electron chi connectivity index (χ1n) is 10.7. The summed E-state index contributed by atoms with van der Waals surface area (Å²) < 4.78 is 1.25. The summed E-state index contributed by atoms with van der Waals surface area (Å²) in [7, 11) is 0. The largest absolute Gasteiger partial charge is 0.300 e. The fourth-order valence-electron chi connectivity index (χ4n) is 4.37. The lowest BCUT2D eigenvalue weighted by molar-refractivity contribution is -0.116. The van der Waals surface area contributed by atoms with Crippen LogP contribution in [-0.2, 0) is 24.1 Å². The Labute approximate surface area is 190 Å². The van der Waals surface area contributed by atoms with E-state index in [0.29, 0.717) is 12.5 Å². The second-order valence-electron chi connectivity index (χ2n) is 8.27. The zero-order valence-electron chi connectivity index (χ0n) is 17.8. The Morgan fingerprint density at radius 1 is 1.10 bits per heavy atom. The summed E-state index contributed by atoms with van der Waals surface area (Å²) in [4.78, 5) is 24.0. The predicted molar refractivity (Wildman–Crippen MR) is 129 cm³/mol. The van der Waals surface area contributed by atoms with Gasteiger partial charge in [-0.25, -0.2) is 9.97 Å². The number of thiazole rings is 2. The number of Topliss-reactive ketones (excluding diaryl/α,β-unsaturated/α-hetero) is 1. The summed E-state index contributed by atoms with van der Waals surface area (Å²) in [5, 5.41) is 0.898. The van der Waals surface area contributed by atoms with E-state index < -0.39 is 0 Å². The molecule has 0 aliphatic carbocycles. The van der Waals surface area contributed by atoms with E-state index in [-0.39, 0.29) is 5.78 Å². The van der Waals surface area contributed by atoms with Crippen LogP contribution < -0.4 is 0 Å². The Morgan fingerprint density at radius 2 is 1.94 bits per heavy atom. The number of aromatic nitrogens is 2. The van der Waals surface area contributed by atoms with Crippen LogP contribution in [0, 0.1) is 0 Å². The molecule has 0 fully saturated rings. The maximum absolute atomic E-state index is 11.4. The highest BCUT2D eigenvalue weighted by Gasteiger charge is 2.21. The molecule has 3 heterocycles. The van der Waals surface area contributed by atoms with Gasteiger partial charge in [-0.15, -0.1) is 22.7 Å². The Bertz CT molecular complexity index is 1240. The molecule has 0 amide bonds. The summed E-state index contributed by atoms with van der Waals surface area (Å²) in [6, 6.07) is 13.9. The van der Waals surface area contributed by atoms with Crippen molar-refractivity contribution in [2.24, 2.45) is 0 Å². The van der Waals surface area contributed by atoms with E-state index in [1.807, 2.05) is 11.7 Å². The maximum Gasteiger partial charge on any atom is 0.136 e. The number of fused-ring (bicyclic) bond motifs is 2. The van der Waals surface area contributed by atoms with Crippen LogP contribution in [0.3, 0.4) is 0 Å². The summed E-state index contributed by atoms with van der Waals surface area (Å²) in [5.74, 6) is 0.158. The normalized spacial score (nSPS) is 15.5. The molecular weight excluding hydrogens is 422 g/mol. The highest BCUT2D eigenvalue weighted by Crippen LogP contribution is 2.31. The van der Waals surface area contributed by atoms with E-state index in [2.05, 4.69) is 58.2 Å². The molecule has 1 aliphatic heterocycles. The lowest BCUT2D eigenvalue weighted by Gasteiger charge is -2.28. The predicted octanol–water partition coefficient (Wildman–Crippen LogP) is 5.71. The average Bonchev–Trinajstić information content (AvgIpc) is 3.37.